The van der Waals surface area contributed by atoms with Gasteiger partial charge in [-0.2, -0.15) is 0 Å². The number of nitrogens with one attached hydrogen (secondary N) is 2. The topological polar surface area (TPSA) is 74.8 Å². The second-order valence-corrected chi connectivity index (χ2v) is 10.5. The van der Waals surface area contributed by atoms with E-state index in [9.17, 15) is 9.59 Å². The van der Waals surface area contributed by atoms with Crippen LogP contribution in [0.25, 0.3) is 21.3 Å². The maximum Gasteiger partial charge on any atom is 0.260 e. The molecule has 0 spiro atoms. The van der Waals surface area contributed by atoms with E-state index >= 15 is 0 Å². The number of aryl methyl sites for hydroxylation is 4. The molecule has 0 bridgehead atoms. The molecule has 1 amide bonds. The standard InChI is InChI=1S/C25H25N3O2S2/c1-13-11-14(2)21(15(3)12-13)26-22(29)17(5)32-25-27-23(30)20-19(16(4)31-24(20)28-25)18-9-7-6-8-10-18/h6-12,17H,1-5H3,(H,26,29)(H,27,28,30). The van der Waals surface area contributed by atoms with Gasteiger partial charge in [-0.25, -0.2) is 4.98 Å². The van der Waals surface area contributed by atoms with Gasteiger partial charge in [0.15, 0.2) is 5.16 Å². The summed E-state index contributed by atoms with van der Waals surface area (Å²) in [6.45, 7) is 9.84. The Morgan fingerprint density at radius 3 is 2.41 bits per heavy atom. The molecule has 2 heterocycles. The largest absolute Gasteiger partial charge is 0.325 e. The summed E-state index contributed by atoms with van der Waals surface area (Å²) in [5.41, 5.74) is 5.81. The number of hydrogen-bond acceptors (Lipinski definition) is 5. The van der Waals surface area contributed by atoms with Crippen molar-refractivity contribution in [3.63, 3.8) is 0 Å². The number of aromatic amines is 1. The molecule has 0 aliphatic rings. The highest BCUT2D eigenvalue weighted by Crippen LogP contribution is 2.36. The quantitative estimate of drug-likeness (QED) is 0.281. The van der Waals surface area contributed by atoms with E-state index in [4.69, 9.17) is 0 Å². The molecule has 4 aromatic rings. The number of carbonyl (C=O) groups excluding carboxylic acids is 1. The van der Waals surface area contributed by atoms with Gasteiger partial charge in [0.1, 0.15) is 4.83 Å². The number of aromatic nitrogens is 2. The number of nitrogens with zero attached hydrogens (tertiary/aromatic N) is 1. The van der Waals surface area contributed by atoms with Crippen molar-refractivity contribution in [1.82, 2.24) is 9.97 Å². The molecule has 32 heavy (non-hydrogen) atoms. The third kappa shape index (κ3) is 4.36. The first-order valence-corrected chi connectivity index (χ1v) is 12.1. The molecule has 1 atom stereocenters. The molecular formula is C25H25N3O2S2. The zero-order valence-electron chi connectivity index (χ0n) is 18.7. The number of thiophene rings is 1. The average molecular weight is 464 g/mol. The van der Waals surface area contributed by atoms with Gasteiger partial charge in [0.25, 0.3) is 5.56 Å². The van der Waals surface area contributed by atoms with Crippen LogP contribution in [-0.4, -0.2) is 21.1 Å². The number of hydrogen-bond donors (Lipinski definition) is 2. The van der Waals surface area contributed by atoms with Crippen LogP contribution in [0.5, 0.6) is 0 Å². The maximum atomic E-state index is 13.0. The van der Waals surface area contributed by atoms with Gasteiger partial charge in [0.05, 0.1) is 10.6 Å². The van der Waals surface area contributed by atoms with Gasteiger partial charge in [-0.05, 0) is 51.3 Å². The molecule has 0 aliphatic heterocycles. The van der Waals surface area contributed by atoms with Crippen LogP contribution in [0.3, 0.4) is 0 Å². The number of fused-ring (bicyclic) bond motifs is 1. The molecule has 0 saturated heterocycles. The molecule has 0 aliphatic carbocycles. The summed E-state index contributed by atoms with van der Waals surface area (Å²) in [7, 11) is 0. The minimum Gasteiger partial charge on any atom is -0.325 e. The van der Waals surface area contributed by atoms with E-state index in [1.54, 1.807) is 0 Å². The maximum absolute atomic E-state index is 13.0. The normalized spacial score (nSPS) is 12.2. The van der Waals surface area contributed by atoms with E-state index in [-0.39, 0.29) is 11.5 Å². The Bertz CT molecular complexity index is 1350. The summed E-state index contributed by atoms with van der Waals surface area (Å²) in [4.78, 5) is 35.1. The van der Waals surface area contributed by atoms with Crippen molar-refractivity contribution in [2.24, 2.45) is 0 Å². The number of amides is 1. The van der Waals surface area contributed by atoms with Crippen molar-refractivity contribution in [1.29, 1.82) is 0 Å². The second kappa shape index (κ2) is 8.92. The summed E-state index contributed by atoms with van der Waals surface area (Å²) < 4.78 is 0. The predicted octanol–water partition coefficient (Wildman–Crippen LogP) is 6.00. The molecule has 0 saturated carbocycles. The summed E-state index contributed by atoms with van der Waals surface area (Å²) in [6.07, 6.45) is 0. The van der Waals surface area contributed by atoms with E-state index in [2.05, 4.69) is 27.4 Å². The molecule has 0 fully saturated rings. The SMILES string of the molecule is Cc1cc(C)c(NC(=O)C(C)Sc2nc3sc(C)c(-c4ccccc4)c3c(=O)[nH]2)c(C)c1. The molecule has 0 radical (unpaired) electrons. The second-order valence-electron chi connectivity index (χ2n) is 7.97. The van der Waals surface area contributed by atoms with E-state index in [1.165, 1.54) is 23.1 Å². The Balaban J connectivity index is 1.60. The molecule has 2 aromatic heterocycles. The lowest BCUT2D eigenvalue weighted by Crippen LogP contribution is -2.24. The highest BCUT2D eigenvalue weighted by atomic mass is 32.2. The van der Waals surface area contributed by atoms with Crippen molar-refractivity contribution in [3.05, 3.63) is 74.4 Å². The van der Waals surface area contributed by atoms with Gasteiger partial charge in [-0.3, -0.25) is 9.59 Å². The average Bonchev–Trinajstić information content (AvgIpc) is 3.07. The monoisotopic (exact) mass is 463 g/mol. The van der Waals surface area contributed by atoms with Crippen LogP contribution in [0, 0.1) is 27.7 Å². The third-order valence-corrected chi connectivity index (χ3v) is 7.34. The van der Waals surface area contributed by atoms with Gasteiger partial charge in [-0.1, -0.05) is 59.8 Å². The first kappa shape index (κ1) is 22.3. The number of benzene rings is 2. The summed E-state index contributed by atoms with van der Waals surface area (Å²) >= 11 is 2.75. The first-order valence-electron chi connectivity index (χ1n) is 10.4. The molecule has 4 rings (SSSR count). The van der Waals surface area contributed by atoms with Crippen LogP contribution < -0.4 is 10.9 Å². The Morgan fingerprint density at radius 1 is 1.09 bits per heavy atom. The lowest BCUT2D eigenvalue weighted by molar-refractivity contribution is -0.115. The summed E-state index contributed by atoms with van der Waals surface area (Å²) in [5.74, 6) is -0.125. The van der Waals surface area contributed by atoms with Crippen molar-refractivity contribution in [2.45, 2.75) is 45.0 Å². The first-order chi connectivity index (χ1) is 15.2. The summed E-state index contributed by atoms with van der Waals surface area (Å²) in [6, 6.07) is 14.0. The van der Waals surface area contributed by atoms with Crippen LogP contribution in [0.15, 0.2) is 52.4 Å². The predicted molar refractivity (Wildman–Crippen MR) is 135 cm³/mol. The van der Waals surface area contributed by atoms with Crippen LogP contribution in [0.2, 0.25) is 0 Å². The van der Waals surface area contributed by atoms with Gasteiger partial charge in [0, 0.05) is 16.1 Å². The molecule has 2 N–H and O–H groups in total. The van der Waals surface area contributed by atoms with Crippen molar-refractivity contribution < 1.29 is 4.79 Å². The van der Waals surface area contributed by atoms with Gasteiger partial charge in [0.2, 0.25) is 5.91 Å². The Hall–Kier alpha value is -2.90. The number of carbonyl (C=O) groups is 1. The Morgan fingerprint density at radius 2 is 1.75 bits per heavy atom. The van der Waals surface area contributed by atoms with Gasteiger partial charge >= 0.3 is 0 Å². The third-order valence-electron chi connectivity index (χ3n) is 5.36. The Labute approximate surface area is 195 Å². The molecule has 164 valence electrons. The van der Waals surface area contributed by atoms with Crippen LogP contribution in [-0.2, 0) is 4.79 Å². The van der Waals surface area contributed by atoms with E-state index < -0.39 is 5.25 Å². The molecule has 1 unspecified atom stereocenters. The number of rotatable bonds is 5. The van der Waals surface area contributed by atoms with Gasteiger partial charge in [-0.15, -0.1) is 11.3 Å². The minimum atomic E-state index is -0.426. The van der Waals surface area contributed by atoms with E-state index in [1.807, 2.05) is 65.0 Å². The number of H-pyrrole nitrogens is 1. The fourth-order valence-electron chi connectivity index (χ4n) is 3.93. The fraction of sp³-hybridized carbons (Fsp3) is 0.240. The minimum absolute atomic E-state index is 0.125. The zero-order valence-corrected chi connectivity index (χ0v) is 20.3. The smallest absolute Gasteiger partial charge is 0.260 e. The highest BCUT2D eigenvalue weighted by Gasteiger charge is 2.21. The molecule has 7 heteroatoms. The van der Waals surface area contributed by atoms with Crippen molar-refractivity contribution >= 4 is 44.9 Å². The lowest BCUT2D eigenvalue weighted by atomic mass is 10.0. The van der Waals surface area contributed by atoms with Crippen molar-refractivity contribution in [3.8, 4) is 11.1 Å². The highest BCUT2D eigenvalue weighted by molar-refractivity contribution is 8.00. The molecular weight excluding hydrogens is 438 g/mol. The number of thioether (sulfide) groups is 1. The van der Waals surface area contributed by atoms with Crippen LogP contribution >= 0.6 is 23.1 Å². The summed E-state index contributed by atoms with van der Waals surface area (Å²) in [5, 5.41) is 3.66. The fourth-order valence-corrected chi connectivity index (χ4v) is 5.83. The van der Waals surface area contributed by atoms with E-state index in [0.717, 1.165) is 38.4 Å². The molecule has 5 nitrogen and oxygen atoms in total. The zero-order chi connectivity index (χ0) is 23.0. The van der Waals surface area contributed by atoms with E-state index in [0.29, 0.717) is 15.4 Å². The Kier molecular flexibility index (Phi) is 6.22. The van der Waals surface area contributed by atoms with Crippen molar-refractivity contribution in [2.75, 3.05) is 5.32 Å². The lowest BCUT2D eigenvalue weighted by Gasteiger charge is -2.16. The number of anilines is 1. The van der Waals surface area contributed by atoms with Crippen LogP contribution in [0.1, 0.15) is 28.5 Å². The van der Waals surface area contributed by atoms with Crippen LogP contribution in [0.4, 0.5) is 5.69 Å². The van der Waals surface area contributed by atoms with Gasteiger partial charge < -0.3 is 10.3 Å². The molecule has 2 aromatic carbocycles.